The molecule has 1 saturated heterocycles. The maximum Gasteiger partial charge on any atom is 0.438 e. The highest BCUT2D eigenvalue weighted by Crippen LogP contribution is 2.56. The number of benzene rings is 3. The van der Waals surface area contributed by atoms with Gasteiger partial charge in [0.25, 0.3) is 5.91 Å². The lowest BCUT2D eigenvalue weighted by molar-refractivity contribution is 0.0663. The number of amides is 1. The summed E-state index contributed by atoms with van der Waals surface area (Å²) in [4.78, 5) is 47.4. The van der Waals surface area contributed by atoms with Gasteiger partial charge in [0.1, 0.15) is 30.0 Å². The molecule has 2 fully saturated rings. The number of nitrogens with one attached hydrogen (secondary N) is 2. The SMILES string of the molecule is CNc1cc(-n2ccn(-c3c4c(nn3-c3cc(C)c(F)c(C)c3)CCN(C(=O)c3cc5cc(C6CCOCC6)ccc5n3[C@@]3(c5noc(=O)[nH]5)C[C@@H]3C)[C@H]4C)c2=O)ccc1P(C)(=O)C(C)C. The van der Waals surface area contributed by atoms with E-state index in [0.717, 1.165) is 23.7 Å². The van der Waals surface area contributed by atoms with Crippen LogP contribution in [0.4, 0.5) is 10.1 Å². The Kier molecular flexibility index (Phi) is 10.6. The molecule has 0 radical (unpaired) electrons. The standard InChI is InChI=1S/C49H55FN9O6P/c1-27(2)66(8,63)41-12-10-35(25-38(41)51-7)56-17-18-57(48(56)62)44-42-31(6)55(16-13-37(42)53-59(44)36-21-28(3)43(50)29(4)22-36)45(60)40-24-34-23-33(32-14-19-64-20-15-32)9-11-39(34)58(40)49(26-30(49)5)46-52-47(61)65-54-46/h9-12,17-18,21-25,27,30-32,51H,13-16,19-20,26H2,1-8H3,(H,52,54,61)/t30-,31-,49-,66?/m0/s1. The van der Waals surface area contributed by atoms with Crippen molar-refractivity contribution in [1.82, 2.24) is 38.5 Å². The fourth-order valence-electron chi connectivity index (χ4n) is 10.5. The summed E-state index contributed by atoms with van der Waals surface area (Å²) in [6.07, 6.45) is 6.20. The summed E-state index contributed by atoms with van der Waals surface area (Å²) in [7, 11) is -0.964. The van der Waals surface area contributed by atoms with Crippen molar-refractivity contribution in [2.75, 3.05) is 38.8 Å². The summed E-state index contributed by atoms with van der Waals surface area (Å²) in [6, 6.07) is 16.6. The van der Waals surface area contributed by atoms with E-state index in [2.05, 4.69) is 40.6 Å². The van der Waals surface area contributed by atoms with Crippen LogP contribution in [0.2, 0.25) is 0 Å². The van der Waals surface area contributed by atoms with Gasteiger partial charge >= 0.3 is 11.4 Å². The molecule has 1 unspecified atom stereocenters. The lowest BCUT2D eigenvalue weighted by Crippen LogP contribution is -2.41. The van der Waals surface area contributed by atoms with Crippen LogP contribution in [0.1, 0.15) is 103 Å². The van der Waals surface area contributed by atoms with Gasteiger partial charge in [-0.2, -0.15) is 5.10 Å². The number of carbonyl (C=O) groups excluding carboxylic acids is 1. The Morgan fingerprint density at radius 2 is 1.70 bits per heavy atom. The molecule has 344 valence electrons. The van der Waals surface area contributed by atoms with E-state index < -0.39 is 30.2 Å². The van der Waals surface area contributed by atoms with Crippen molar-refractivity contribution in [3.8, 4) is 17.2 Å². The van der Waals surface area contributed by atoms with Gasteiger partial charge in [0.2, 0.25) is 0 Å². The molecule has 3 aliphatic rings. The number of aromatic nitrogens is 7. The zero-order valence-corrected chi connectivity index (χ0v) is 39.4. The third-order valence-corrected chi connectivity index (χ3v) is 17.9. The Morgan fingerprint density at radius 3 is 2.35 bits per heavy atom. The van der Waals surface area contributed by atoms with E-state index in [1.807, 2.05) is 48.4 Å². The number of anilines is 1. The number of imidazole rings is 1. The van der Waals surface area contributed by atoms with Crippen molar-refractivity contribution >= 4 is 34.9 Å². The molecule has 0 bridgehead atoms. The second-order valence-corrected chi connectivity index (χ2v) is 22.3. The van der Waals surface area contributed by atoms with Crippen molar-refractivity contribution < 1.29 is 23.0 Å². The quantitative estimate of drug-likeness (QED) is 0.131. The molecule has 17 heteroatoms. The molecule has 1 saturated carbocycles. The van der Waals surface area contributed by atoms with Gasteiger partial charge in [-0.05, 0) is 124 Å². The lowest BCUT2D eigenvalue weighted by atomic mass is 9.91. The lowest BCUT2D eigenvalue weighted by Gasteiger charge is -2.34. The number of carbonyl (C=O) groups is 1. The number of aromatic amines is 1. The first-order valence-corrected chi connectivity index (χ1v) is 25.0. The molecular weight excluding hydrogens is 861 g/mol. The molecule has 2 aliphatic heterocycles. The third-order valence-electron chi connectivity index (χ3n) is 14.6. The van der Waals surface area contributed by atoms with Gasteiger partial charge < -0.3 is 24.1 Å². The van der Waals surface area contributed by atoms with Crippen LogP contribution in [0.25, 0.3) is 28.1 Å². The van der Waals surface area contributed by atoms with E-state index in [1.165, 1.54) is 14.7 Å². The average Bonchev–Trinajstić information content (AvgIpc) is 3.80. The molecule has 0 spiro atoms. The summed E-state index contributed by atoms with van der Waals surface area (Å²) in [6.45, 7) is 14.8. The maximum atomic E-state index is 15.5. The molecule has 66 heavy (non-hydrogen) atoms. The fourth-order valence-corrected chi connectivity index (χ4v) is 12.1. The molecule has 4 atom stereocenters. The molecule has 10 rings (SSSR count). The number of aryl methyl sites for hydroxylation is 2. The van der Waals surface area contributed by atoms with Gasteiger partial charge in [0, 0.05) is 78.7 Å². The summed E-state index contributed by atoms with van der Waals surface area (Å²) in [5.74, 6) is -0.0638. The second-order valence-electron chi connectivity index (χ2n) is 18.8. The highest BCUT2D eigenvalue weighted by molar-refractivity contribution is 7.71. The number of rotatable bonds is 10. The summed E-state index contributed by atoms with van der Waals surface area (Å²) in [5, 5.41) is 14.1. The second kappa shape index (κ2) is 16.0. The minimum Gasteiger partial charge on any atom is -0.387 e. The number of hydrogen-bond donors (Lipinski definition) is 2. The Labute approximate surface area is 380 Å². The van der Waals surface area contributed by atoms with E-state index in [0.29, 0.717) is 101 Å². The molecule has 7 aromatic rings. The van der Waals surface area contributed by atoms with Crippen LogP contribution in [-0.2, 0) is 21.3 Å². The van der Waals surface area contributed by atoms with Crippen molar-refractivity contribution in [2.24, 2.45) is 5.92 Å². The van der Waals surface area contributed by atoms with E-state index in [4.69, 9.17) is 14.4 Å². The fraction of sp³-hybridized carbons (Fsp3) is 0.408. The van der Waals surface area contributed by atoms with E-state index >= 15 is 9.18 Å². The first kappa shape index (κ1) is 43.6. The first-order chi connectivity index (χ1) is 31.5. The number of hydrogen-bond acceptors (Lipinski definition) is 9. The Morgan fingerprint density at radius 1 is 0.985 bits per heavy atom. The smallest absolute Gasteiger partial charge is 0.387 e. The molecule has 3 aromatic carbocycles. The van der Waals surface area contributed by atoms with Crippen molar-refractivity contribution in [3.05, 3.63) is 133 Å². The highest BCUT2D eigenvalue weighted by atomic mass is 31.2. The molecular formula is C49H55FN9O6P. The van der Waals surface area contributed by atoms with Gasteiger partial charge in [-0.1, -0.05) is 32.0 Å². The minimum atomic E-state index is -2.73. The highest BCUT2D eigenvalue weighted by Gasteiger charge is 2.59. The van der Waals surface area contributed by atoms with Crippen LogP contribution in [0.3, 0.4) is 0 Å². The normalized spacial score (nSPS) is 20.8. The summed E-state index contributed by atoms with van der Waals surface area (Å²) < 4.78 is 46.5. The van der Waals surface area contributed by atoms with Gasteiger partial charge in [0.15, 0.2) is 5.82 Å². The first-order valence-electron chi connectivity index (χ1n) is 22.7. The Hall–Kier alpha value is -6.25. The van der Waals surface area contributed by atoms with E-state index in [9.17, 15) is 14.2 Å². The average molecular weight is 916 g/mol. The van der Waals surface area contributed by atoms with Gasteiger partial charge in [-0.3, -0.25) is 23.4 Å². The number of halogens is 1. The van der Waals surface area contributed by atoms with Crippen LogP contribution in [0.15, 0.2) is 81.1 Å². The number of ether oxygens (including phenoxy) is 1. The summed E-state index contributed by atoms with van der Waals surface area (Å²) >= 11 is 0. The third kappa shape index (κ3) is 6.77. The van der Waals surface area contributed by atoms with Crippen LogP contribution in [0, 0.1) is 25.6 Å². The van der Waals surface area contributed by atoms with Crippen LogP contribution < -0.4 is 22.1 Å². The zero-order chi connectivity index (χ0) is 46.6. The Bertz CT molecular complexity index is 3230. The number of H-pyrrole nitrogens is 1. The Balaban J connectivity index is 1.11. The predicted octanol–water partition coefficient (Wildman–Crippen LogP) is 7.71. The molecule has 1 aliphatic carbocycles. The van der Waals surface area contributed by atoms with E-state index in [1.54, 1.807) is 62.8 Å². The molecule has 2 N–H and O–H groups in total. The van der Waals surface area contributed by atoms with Gasteiger partial charge in [-0.15, -0.1) is 0 Å². The zero-order valence-electron chi connectivity index (χ0n) is 38.5. The topological polar surface area (TPSA) is 167 Å². The van der Waals surface area contributed by atoms with Crippen LogP contribution >= 0.6 is 7.14 Å². The molecule has 4 aromatic heterocycles. The van der Waals surface area contributed by atoms with E-state index in [-0.39, 0.29) is 23.3 Å². The summed E-state index contributed by atoms with van der Waals surface area (Å²) in [5.41, 5.74) is 5.23. The van der Waals surface area contributed by atoms with Crippen molar-refractivity contribution in [3.63, 3.8) is 0 Å². The molecule has 15 nitrogen and oxygen atoms in total. The van der Waals surface area contributed by atoms with Crippen LogP contribution in [0.5, 0.6) is 0 Å². The van der Waals surface area contributed by atoms with Crippen molar-refractivity contribution in [2.45, 2.75) is 90.4 Å². The maximum absolute atomic E-state index is 15.5. The monoisotopic (exact) mass is 915 g/mol. The number of fused-ring (bicyclic) bond motifs is 2. The number of nitrogens with zero attached hydrogens (tertiary/aromatic N) is 7. The molecule has 6 heterocycles. The molecule has 1 amide bonds. The van der Waals surface area contributed by atoms with Gasteiger partial charge in [-0.25, -0.2) is 18.7 Å². The largest absolute Gasteiger partial charge is 0.438 e. The van der Waals surface area contributed by atoms with Crippen molar-refractivity contribution in [1.29, 1.82) is 0 Å². The van der Waals surface area contributed by atoms with Gasteiger partial charge in [0.05, 0.1) is 23.1 Å². The van der Waals surface area contributed by atoms with Crippen LogP contribution in [-0.4, -0.2) is 83.6 Å². The minimum absolute atomic E-state index is 0.0198. The predicted molar refractivity (Wildman–Crippen MR) is 252 cm³/mol.